The predicted octanol–water partition coefficient (Wildman–Crippen LogP) is 2.94. The molecule has 0 saturated carbocycles. The van der Waals surface area contributed by atoms with Crippen LogP contribution in [0, 0.1) is 11.7 Å². The van der Waals surface area contributed by atoms with Crippen molar-refractivity contribution in [3.05, 3.63) is 60.2 Å². The lowest BCUT2D eigenvalue weighted by Crippen LogP contribution is -2.44. The zero-order chi connectivity index (χ0) is 18.5. The van der Waals surface area contributed by atoms with Crippen LogP contribution < -0.4 is 5.32 Å². The molecule has 144 valence electrons. The van der Waals surface area contributed by atoms with Gasteiger partial charge in [0.15, 0.2) is 0 Å². The Hall–Kier alpha value is -2.02. The Morgan fingerprint density at radius 3 is 3.07 bits per heavy atom. The SMILES string of the molecule is Fc1cccc(NC[C@@H]2CO[C@]3(COCCN(Cc4ccccn4)C3)C2)c1. The molecule has 1 aromatic heterocycles. The van der Waals surface area contributed by atoms with Gasteiger partial charge >= 0.3 is 0 Å². The molecule has 4 rings (SSSR count). The summed E-state index contributed by atoms with van der Waals surface area (Å²) in [6.07, 6.45) is 2.77. The van der Waals surface area contributed by atoms with Crippen LogP contribution in [0.3, 0.4) is 0 Å². The number of hydrogen-bond acceptors (Lipinski definition) is 5. The van der Waals surface area contributed by atoms with Crippen LogP contribution in [0.5, 0.6) is 0 Å². The van der Waals surface area contributed by atoms with Gasteiger partial charge in [-0.05, 0) is 36.8 Å². The molecule has 2 aliphatic rings. The fourth-order valence-electron chi connectivity index (χ4n) is 3.98. The summed E-state index contributed by atoms with van der Waals surface area (Å²) in [5, 5.41) is 3.33. The molecule has 2 atom stereocenters. The fourth-order valence-corrected chi connectivity index (χ4v) is 3.98. The van der Waals surface area contributed by atoms with Crippen molar-refractivity contribution < 1.29 is 13.9 Å². The van der Waals surface area contributed by atoms with Gasteiger partial charge in [0.05, 0.1) is 25.5 Å². The first-order valence-corrected chi connectivity index (χ1v) is 9.54. The largest absolute Gasteiger partial charge is 0.385 e. The van der Waals surface area contributed by atoms with Gasteiger partial charge in [-0.25, -0.2) is 4.39 Å². The van der Waals surface area contributed by atoms with Crippen molar-refractivity contribution in [1.29, 1.82) is 0 Å². The maximum Gasteiger partial charge on any atom is 0.125 e. The van der Waals surface area contributed by atoms with E-state index in [9.17, 15) is 4.39 Å². The van der Waals surface area contributed by atoms with Crippen LogP contribution in [0.25, 0.3) is 0 Å². The minimum Gasteiger partial charge on any atom is -0.385 e. The van der Waals surface area contributed by atoms with E-state index >= 15 is 0 Å². The normalized spacial score (nSPS) is 26.2. The lowest BCUT2D eigenvalue weighted by atomic mass is 9.94. The van der Waals surface area contributed by atoms with Crippen molar-refractivity contribution in [3.63, 3.8) is 0 Å². The molecule has 0 radical (unpaired) electrons. The third-order valence-corrected chi connectivity index (χ3v) is 5.25. The third-order valence-electron chi connectivity index (χ3n) is 5.25. The Kier molecular flexibility index (Phi) is 5.66. The van der Waals surface area contributed by atoms with E-state index in [1.165, 1.54) is 12.1 Å². The number of nitrogens with one attached hydrogen (secondary N) is 1. The third kappa shape index (κ3) is 4.83. The number of benzene rings is 1. The van der Waals surface area contributed by atoms with Crippen LogP contribution >= 0.6 is 0 Å². The van der Waals surface area contributed by atoms with Crippen molar-refractivity contribution in [1.82, 2.24) is 9.88 Å². The van der Waals surface area contributed by atoms with E-state index in [2.05, 4.69) is 21.3 Å². The minimum atomic E-state index is -0.264. The highest BCUT2D eigenvalue weighted by molar-refractivity contribution is 5.43. The first-order valence-electron chi connectivity index (χ1n) is 9.54. The summed E-state index contributed by atoms with van der Waals surface area (Å²) in [7, 11) is 0. The van der Waals surface area contributed by atoms with E-state index in [0.717, 1.165) is 44.0 Å². The van der Waals surface area contributed by atoms with Gasteiger partial charge in [0.1, 0.15) is 11.4 Å². The van der Waals surface area contributed by atoms with Crippen LogP contribution in [0.15, 0.2) is 48.7 Å². The Morgan fingerprint density at radius 1 is 1.26 bits per heavy atom. The summed E-state index contributed by atoms with van der Waals surface area (Å²) in [4.78, 5) is 6.81. The number of rotatable bonds is 5. The first-order chi connectivity index (χ1) is 13.2. The zero-order valence-corrected chi connectivity index (χ0v) is 15.4. The molecule has 2 aromatic rings. The van der Waals surface area contributed by atoms with Crippen molar-refractivity contribution in [2.24, 2.45) is 5.92 Å². The average molecular weight is 371 g/mol. The Morgan fingerprint density at radius 2 is 2.22 bits per heavy atom. The summed E-state index contributed by atoms with van der Waals surface area (Å²) in [5.41, 5.74) is 1.61. The molecule has 0 amide bonds. The van der Waals surface area contributed by atoms with Crippen LogP contribution in [-0.4, -0.2) is 54.9 Å². The summed E-state index contributed by atoms with van der Waals surface area (Å²) >= 11 is 0. The van der Waals surface area contributed by atoms with E-state index in [4.69, 9.17) is 9.47 Å². The molecule has 0 bridgehead atoms. The van der Waals surface area contributed by atoms with Crippen molar-refractivity contribution in [2.75, 3.05) is 44.8 Å². The highest BCUT2D eigenvalue weighted by Gasteiger charge is 2.43. The maximum atomic E-state index is 13.3. The number of ether oxygens (including phenoxy) is 2. The van der Waals surface area contributed by atoms with Crippen LogP contribution in [-0.2, 0) is 16.0 Å². The summed E-state index contributed by atoms with van der Waals surface area (Å²) < 4.78 is 25.5. The van der Waals surface area contributed by atoms with Crippen LogP contribution in [0.1, 0.15) is 12.1 Å². The number of anilines is 1. The summed E-state index contributed by atoms with van der Waals surface area (Å²) in [6, 6.07) is 12.6. The van der Waals surface area contributed by atoms with E-state index in [1.54, 1.807) is 6.07 Å². The second kappa shape index (κ2) is 8.33. The molecule has 2 fully saturated rings. The monoisotopic (exact) mass is 371 g/mol. The molecule has 27 heavy (non-hydrogen) atoms. The van der Waals surface area contributed by atoms with E-state index in [-0.39, 0.29) is 11.4 Å². The molecule has 1 aromatic carbocycles. The number of hydrogen-bond donors (Lipinski definition) is 1. The van der Waals surface area contributed by atoms with E-state index in [1.807, 2.05) is 24.4 Å². The molecule has 0 unspecified atom stereocenters. The average Bonchev–Trinajstić information content (AvgIpc) is 2.96. The molecule has 2 aliphatic heterocycles. The molecule has 2 saturated heterocycles. The number of aromatic nitrogens is 1. The number of pyridine rings is 1. The molecule has 5 nitrogen and oxygen atoms in total. The summed E-state index contributed by atoms with van der Waals surface area (Å²) in [6.45, 7) is 5.34. The van der Waals surface area contributed by atoms with Gasteiger partial charge in [-0.3, -0.25) is 9.88 Å². The smallest absolute Gasteiger partial charge is 0.125 e. The Balaban J connectivity index is 1.34. The highest BCUT2D eigenvalue weighted by atomic mass is 19.1. The quantitative estimate of drug-likeness (QED) is 0.876. The second-order valence-electron chi connectivity index (χ2n) is 7.54. The highest BCUT2D eigenvalue weighted by Crippen LogP contribution is 2.33. The van der Waals surface area contributed by atoms with Crippen LogP contribution in [0.2, 0.25) is 0 Å². The van der Waals surface area contributed by atoms with Crippen molar-refractivity contribution >= 4 is 5.69 Å². The lowest BCUT2D eigenvalue weighted by molar-refractivity contribution is -0.0563. The standard InChI is InChI=1S/C21H26FN3O2/c22-18-4-3-6-19(10-18)24-12-17-11-21(27-14-17)15-25(8-9-26-16-21)13-20-5-1-2-7-23-20/h1-7,10,17,24H,8-9,11-16H2/t17-,21-/m1/s1. The summed E-state index contributed by atoms with van der Waals surface area (Å²) in [5.74, 6) is 0.160. The molecule has 6 heteroatoms. The second-order valence-corrected chi connectivity index (χ2v) is 7.54. The van der Waals surface area contributed by atoms with Crippen molar-refractivity contribution in [2.45, 2.75) is 18.6 Å². The van der Waals surface area contributed by atoms with Gasteiger partial charge in [0.2, 0.25) is 0 Å². The van der Waals surface area contributed by atoms with Gasteiger partial charge in [-0.2, -0.15) is 0 Å². The van der Waals surface area contributed by atoms with E-state index < -0.39 is 0 Å². The molecule has 1 spiro atoms. The molecular formula is C21H26FN3O2. The molecular weight excluding hydrogens is 345 g/mol. The molecule has 3 heterocycles. The Labute approximate surface area is 159 Å². The number of halogens is 1. The van der Waals surface area contributed by atoms with Crippen LogP contribution in [0.4, 0.5) is 10.1 Å². The fraction of sp³-hybridized carbons (Fsp3) is 0.476. The first kappa shape index (κ1) is 18.3. The number of nitrogens with zero attached hydrogens (tertiary/aromatic N) is 2. The topological polar surface area (TPSA) is 46.6 Å². The lowest BCUT2D eigenvalue weighted by Gasteiger charge is -2.31. The zero-order valence-electron chi connectivity index (χ0n) is 15.4. The van der Waals surface area contributed by atoms with Gasteiger partial charge < -0.3 is 14.8 Å². The molecule has 0 aliphatic carbocycles. The minimum absolute atomic E-state index is 0.221. The van der Waals surface area contributed by atoms with Gasteiger partial charge in [-0.1, -0.05) is 12.1 Å². The predicted molar refractivity (Wildman–Crippen MR) is 102 cm³/mol. The van der Waals surface area contributed by atoms with Crippen molar-refractivity contribution in [3.8, 4) is 0 Å². The van der Waals surface area contributed by atoms with Gasteiger partial charge in [0.25, 0.3) is 0 Å². The Bertz CT molecular complexity index is 745. The molecule has 1 N–H and O–H groups in total. The maximum absolute atomic E-state index is 13.3. The van der Waals surface area contributed by atoms with E-state index in [0.29, 0.717) is 25.7 Å². The van der Waals surface area contributed by atoms with Gasteiger partial charge in [-0.15, -0.1) is 0 Å². The van der Waals surface area contributed by atoms with Gasteiger partial charge in [0, 0.05) is 44.0 Å².